The maximum Gasteiger partial charge on any atom is 0.273 e. The van der Waals surface area contributed by atoms with Crippen molar-refractivity contribution >= 4 is 11.8 Å². The van der Waals surface area contributed by atoms with Gasteiger partial charge in [0.25, 0.3) is 5.91 Å². The van der Waals surface area contributed by atoms with Crippen molar-refractivity contribution in [3.63, 3.8) is 0 Å². The summed E-state index contributed by atoms with van der Waals surface area (Å²) in [6.45, 7) is 3.68. The Balaban J connectivity index is 1.34. The third-order valence-electron chi connectivity index (χ3n) is 6.69. The average Bonchev–Trinajstić information content (AvgIpc) is 3.64. The van der Waals surface area contributed by atoms with Crippen molar-refractivity contribution in [1.29, 1.82) is 0 Å². The second kappa shape index (κ2) is 10.5. The van der Waals surface area contributed by atoms with Crippen LogP contribution in [0.4, 0.5) is 0 Å². The molecule has 1 aromatic heterocycles. The molecule has 1 atom stereocenters. The Bertz CT molecular complexity index is 1230. The van der Waals surface area contributed by atoms with Gasteiger partial charge in [-0.15, -0.1) is 0 Å². The number of hydrogen-bond acceptors (Lipinski definition) is 6. The van der Waals surface area contributed by atoms with Crippen molar-refractivity contribution in [3.8, 4) is 5.75 Å². The largest absolute Gasteiger partial charge is 0.484 e. The minimum atomic E-state index is -0.322. The lowest BCUT2D eigenvalue weighted by Crippen LogP contribution is -2.41. The van der Waals surface area contributed by atoms with E-state index in [1.165, 1.54) is 17.4 Å². The Morgan fingerprint density at radius 1 is 1.17 bits per heavy atom. The first kappa shape index (κ1) is 24.1. The van der Waals surface area contributed by atoms with Crippen molar-refractivity contribution in [3.05, 3.63) is 82.6 Å². The van der Waals surface area contributed by atoms with Crippen LogP contribution in [0.1, 0.15) is 57.5 Å². The summed E-state index contributed by atoms with van der Waals surface area (Å²) in [4.78, 5) is 31.6. The summed E-state index contributed by atoms with van der Waals surface area (Å²) < 4.78 is 16.4. The second-order valence-corrected chi connectivity index (χ2v) is 9.39. The number of methoxy groups -OCH3 is 1. The zero-order valence-electron chi connectivity index (χ0n) is 20.7. The van der Waals surface area contributed by atoms with Gasteiger partial charge in [0.1, 0.15) is 12.0 Å². The van der Waals surface area contributed by atoms with Crippen LogP contribution in [0.5, 0.6) is 5.75 Å². The number of fused-ring (bicyclic) bond motifs is 1. The van der Waals surface area contributed by atoms with Gasteiger partial charge in [-0.3, -0.25) is 9.59 Å². The molecule has 1 fully saturated rings. The molecular weight excluding hydrogens is 458 g/mol. The molecule has 3 aromatic rings. The van der Waals surface area contributed by atoms with Crippen molar-refractivity contribution in [2.75, 3.05) is 26.8 Å². The zero-order valence-corrected chi connectivity index (χ0v) is 20.7. The Kier molecular flexibility index (Phi) is 7.04. The predicted molar refractivity (Wildman–Crippen MR) is 133 cm³/mol. The number of aromatic nitrogens is 1. The Morgan fingerprint density at radius 2 is 1.97 bits per heavy atom. The molecule has 8 heteroatoms. The predicted octanol–water partition coefficient (Wildman–Crippen LogP) is 3.82. The molecule has 0 bridgehead atoms. The van der Waals surface area contributed by atoms with Crippen molar-refractivity contribution in [1.82, 2.24) is 15.2 Å². The number of oxazole rings is 1. The molecule has 2 heterocycles. The minimum Gasteiger partial charge on any atom is -0.484 e. The van der Waals surface area contributed by atoms with Gasteiger partial charge < -0.3 is 24.1 Å². The summed E-state index contributed by atoms with van der Waals surface area (Å²) in [6.07, 6.45) is 4.10. The van der Waals surface area contributed by atoms with Crippen LogP contribution in [-0.4, -0.2) is 48.5 Å². The summed E-state index contributed by atoms with van der Waals surface area (Å²) in [7, 11) is 1.57. The molecule has 188 valence electrons. The normalized spacial score (nSPS) is 16.9. The lowest BCUT2D eigenvalue weighted by molar-refractivity contribution is -0.134. The quantitative estimate of drug-likeness (QED) is 0.459. The first-order valence-corrected chi connectivity index (χ1v) is 12.4. The first-order valence-electron chi connectivity index (χ1n) is 12.4. The number of hydrogen-bond donors (Lipinski definition) is 1. The van der Waals surface area contributed by atoms with Crippen LogP contribution < -0.4 is 10.1 Å². The maximum atomic E-state index is 13.2. The van der Waals surface area contributed by atoms with E-state index in [2.05, 4.69) is 47.6 Å². The van der Waals surface area contributed by atoms with Crippen LogP contribution in [0.3, 0.4) is 0 Å². The molecule has 1 aliphatic heterocycles. The van der Waals surface area contributed by atoms with Crippen LogP contribution in [0.25, 0.3) is 0 Å². The van der Waals surface area contributed by atoms with Gasteiger partial charge in [-0.1, -0.05) is 35.9 Å². The average molecular weight is 490 g/mol. The number of aryl methyl sites for hydroxylation is 1. The molecule has 1 saturated carbocycles. The lowest BCUT2D eigenvalue weighted by atomic mass is 9.87. The Labute approximate surface area is 210 Å². The standard InChI is InChI=1S/C28H31N3O5/c1-18-3-5-20(6-4-18)26-23-15-22(10-9-19(23)11-13-31(26)28(33)21-7-8-21)35-17-25-30-24(16-36-25)27(32)29-12-14-34-2/h3-6,9-10,15-16,21,26H,7-8,11-14,17H2,1-2H3,(H,29,32). The Hall–Kier alpha value is -3.65. The van der Waals surface area contributed by atoms with E-state index in [1.54, 1.807) is 7.11 Å². The van der Waals surface area contributed by atoms with Crippen LogP contribution in [0.15, 0.2) is 53.1 Å². The van der Waals surface area contributed by atoms with E-state index in [9.17, 15) is 9.59 Å². The number of rotatable bonds is 9. The molecule has 8 nitrogen and oxygen atoms in total. The lowest BCUT2D eigenvalue weighted by Gasteiger charge is -2.38. The molecule has 0 spiro atoms. The molecule has 5 rings (SSSR count). The van der Waals surface area contributed by atoms with Crippen LogP contribution in [0, 0.1) is 12.8 Å². The van der Waals surface area contributed by atoms with Crippen molar-refractivity contribution in [2.24, 2.45) is 5.92 Å². The van der Waals surface area contributed by atoms with E-state index in [-0.39, 0.29) is 36.1 Å². The molecule has 2 aromatic carbocycles. The summed E-state index contributed by atoms with van der Waals surface area (Å²) in [5.74, 6) is 1.05. The van der Waals surface area contributed by atoms with E-state index in [4.69, 9.17) is 13.9 Å². The summed E-state index contributed by atoms with van der Waals surface area (Å²) in [5, 5.41) is 2.71. The van der Waals surface area contributed by atoms with Crippen molar-refractivity contribution in [2.45, 2.75) is 38.8 Å². The van der Waals surface area contributed by atoms with E-state index in [1.807, 2.05) is 17.0 Å². The number of carbonyl (C=O) groups excluding carboxylic acids is 2. The molecule has 1 unspecified atom stereocenters. The van der Waals surface area contributed by atoms with Crippen molar-refractivity contribution < 1.29 is 23.5 Å². The van der Waals surface area contributed by atoms with Crippen LogP contribution in [-0.2, 0) is 22.6 Å². The fourth-order valence-electron chi connectivity index (χ4n) is 4.58. The van der Waals surface area contributed by atoms with Gasteiger partial charge in [-0.2, -0.15) is 0 Å². The molecule has 1 N–H and O–H groups in total. The molecule has 0 saturated heterocycles. The van der Waals surface area contributed by atoms with E-state index in [0.29, 0.717) is 31.3 Å². The minimum absolute atomic E-state index is 0.0874. The number of nitrogens with one attached hydrogen (secondary N) is 1. The molecule has 0 radical (unpaired) electrons. The molecular formula is C28H31N3O5. The van der Waals surface area contributed by atoms with Gasteiger partial charge >= 0.3 is 0 Å². The highest BCUT2D eigenvalue weighted by molar-refractivity contribution is 5.91. The van der Waals surface area contributed by atoms with E-state index < -0.39 is 0 Å². The number of amides is 2. The highest BCUT2D eigenvalue weighted by Gasteiger charge is 2.39. The van der Waals surface area contributed by atoms with E-state index in [0.717, 1.165) is 30.4 Å². The van der Waals surface area contributed by atoms with E-state index >= 15 is 0 Å². The van der Waals surface area contributed by atoms with Gasteiger partial charge in [-0.25, -0.2) is 4.98 Å². The first-order chi connectivity index (χ1) is 17.5. The van der Waals surface area contributed by atoms with Crippen LogP contribution >= 0.6 is 0 Å². The Morgan fingerprint density at radius 3 is 2.72 bits per heavy atom. The number of benzene rings is 2. The molecule has 2 aliphatic rings. The van der Waals surface area contributed by atoms with Gasteiger partial charge in [0.05, 0.1) is 12.6 Å². The number of ether oxygens (including phenoxy) is 2. The topological polar surface area (TPSA) is 93.9 Å². The number of nitrogens with zero attached hydrogens (tertiary/aromatic N) is 2. The number of carbonyl (C=O) groups is 2. The molecule has 36 heavy (non-hydrogen) atoms. The monoisotopic (exact) mass is 489 g/mol. The van der Waals surface area contributed by atoms with Gasteiger partial charge in [-0.05, 0) is 55.0 Å². The van der Waals surface area contributed by atoms with Gasteiger partial charge in [0.15, 0.2) is 12.3 Å². The van der Waals surface area contributed by atoms with Crippen LogP contribution in [0.2, 0.25) is 0 Å². The maximum absolute atomic E-state index is 13.2. The third kappa shape index (κ3) is 5.28. The summed E-state index contributed by atoms with van der Waals surface area (Å²) in [5.41, 5.74) is 4.79. The molecule has 2 amide bonds. The smallest absolute Gasteiger partial charge is 0.273 e. The van der Waals surface area contributed by atoms with Gasteiger partial charge in [0, 0.05) is 26.1 Å². The highest BCUT2D eigenvalue weighted by atomic mass is 16.5. The second-order valence-electron chi connectivity index (χ2n) is 9.39. The summed E-state index contributed by atoms with van der Waals surface area (Å²) >= 11 is 0. The summed E-state index contributed by atoms with van der Waals surface area (Å²) in [6, 6.07) is 14.3. The SMILES string of the molecule is COCCNC(=O)c1coc(COc2ccc3c(c2)C(c2ccc(C)cc2)N(C(=O)C2CC2)CC3)n1. The highest BCUT2D eigenvalue weighted by Crippen LogP contribution is 2.41. The third-order valence-corrected chi connectivity index (χ3v) is 6.69. The fraction of sp³-hybridized carbons (Fsp3) is 0.393. The fourth-order valence-corrected chi connectivity index (χ4v) is 4.58. The molecule has 1 aliphatic carbocycles. The zero-order chi connectivity index (χ0) is 25.1. The van der Waals surface area contributed by atoms with Gasteiger partial charge in [0.2, 0.25) is 11.8 Å².